The maximum atomic E-state index is 11.9. The molecule has 3 heteroatoms. The van der Waals surface area contributed by atoms with E-state index in [0.29, 0.717) is 16.3 Å². The SMILES string of the molecule is CC(C)Cc1cc(=O)c2cc(Cl)ccc2[nH]1. The Bertz CT molecular complexity index is 572. The van der Waals surface area contributed by atoms with Gasteiger partial charge in [-0.3, -0.25) is 4.79 Å². The summed E-state index contributed by atoms with van der Waals surface area (Å²) in [6, 6.07) is 7.01. The lowest BCUT2D eigenvalue weighted by Crippen LogP contribution is -2.07. The zero-order valence-corrected chi connectivity index (χ0v) is 10.1. The molecule has 0 saturated carbocycles. The Morgan fingerprint density at radius 3 is 2.75 bits per heavy atom. The average molecular weight is 236 g/mol. The van der Waals surface area contributed by atoms with Gasteiger partial charge < -0.3 is 4.98 Å². The zero-order chi connectivity index (χ0) is 11.7. The van der Waals surface area contributed by atoms with Crippen molar-refractivity contribution in [1.82, 2.24) is 4.98 Å². The molecule has 0 unspecified atom stereocenters. The number of benzene rings is 1. The standard InChI is InChI=1S/C13H14ClNO/c1-8(2)5-10-7-13(16)11-6-9(14)3-4-12(11)15-10/h3-4,6-8H,5H2,1-2H3,(H,15,16). The van der Waals surface area contributed by atoms with Gasteiger partial charge in [0, 0.05) is 27.7 Å². The van der Waals surface area contributed by atoms with E-state index in [1.54, 1.807) is 18.2 Å². The van der Waals surface area contributed by atoms with Crippen LogP contribution in [0.5, 0.6) is 0 Å². The third-order valence-corrected chi connectivity index (χ3v) is 2.71. The molecule has 2 rings (SSSR count). The van der Waals surface area contributed by atoms with E-state index in [9.17, 15) is 4.79 Å². The monoisotopic (exact) mass is 235 g/mol. The highest BCUT2D eigenvalue weighted by atomic mass is 35.5. The minimum atomic E-state index is 0.0342. The molecule has 0 amide bonds. The van der Waals surface area contributed by atoms with E-state index >= 15 is 0 Å². The molecule has 0 radical (unpaired) electrons. The van der Waals surface area contributed by atoms with Crippen LogP contribution in [0, 0.1) is 5.92 Å². The average Bonchev–Trinajstić information content (AvgIpc) is 2.18. The van der Waals surface area contributed by atoms with Crippen LogP contribution in [-0.2, 0) is 6.42 Å². The molecular formula is C13H14ClNO. The highest BCUT2D eigenvalue weighted by molar-refractivity contribution is 6.31. The molecule has 1 heterocycles. The number of halogens is 1. The Kier molecular flexibility index (Phi) is 3.01. The lowest BCUT2D eigenvalue weighted by atomic mass is 10.1. The fraction of sp³-hybridized carbons (Fsp3) is 0.308. The Hall–Kier alpha value is -1.28. The summed E-state index contributed by atoms with van der Waals surface area (Å²) in [5.41, 5.74) is 1.87. The molecule has 0 aliphatic heterocycles. The molecule has 1 aromatic heterocycles. The summed E-state index contributed by atoms with van der Waals surface area (Å²) in [5.74, 6) is 0.528. The Morgan fingerprint density at radius 1 is 1.31 bits per heavy atom. The van der Waals surface area contributed by atoms with Gasteiger partial charge in [-0.25, -0.2) is 0 Å². The first-order chi connectivity index (χ1) is 7.56. The molecular weight excluding hydrogens is 222 g/mol. The molecule has 2 aromatic rings. The molecule has 0 saturated heterocycles. The second-order valence-electron chi connectivity index (χ2n) is 4.45. The van der Waals surface area contributed by atoms with E-state index in [1.807, 2.05) is 6.07 Å². The van der Waals surface area contributed by atoms with E-state index in [-0.39, 0.29) is 5.43 Å². The summed E-state index contributed by atoms with van der Waals surface area (Å²) in [6.07, 6.45) is 0.883. The van der Waals surface area contributed by atoms with Crippen molar-refractivity contribution in [1.29, 1.82) is 0 Å². The molecule has 0 atom stereocenters. The van der Waals surface area contributed by atoms with Gasteiger partial charge in [-0.2, -0.15) is 0 Å². The Morgan fingerprint density at radius 2 is 2.06 bits per heavy atom. The van der Waals surface area contributed by atoms with Crippen LogP contribution in [0.15, 0.2) is 29.1 Å². The predicted molar refractivity (Wildman–Crippen MR) is 68.1 cm³/mol. The van der Waals surface area contributed by atoms with E-state index < -0.39 is 0 Å². The molecule has 0 fully saturated rings. The van der Waals surface area contributed by atoms with Gasteiger partial charge in [0.05, 0.1) is 0 Å². The number of aromatic nitrogens is 1. The summed E-state index contributed by atoms with van der Waals surface area (Å²) >= 11 is 5.86. The number of hydrogen-bond acceptors (Lipinski definition) is 1. The number of nitrogens with one attached hydrogen (secondary N) is 1. The van der Waals surface area contributed by atoms with Crippen LogP contribution in [0.2, 0.25) is 5.02 Å². The summed E-state index contributed by atoms with van der Waals surface area (Å²) in [5, 5.41) is 1.25. The van der Waals surface area contributed by atoms with Gasteiger partial charge in [-0.1, -0.05) is 25.4 Å². The van der Waals surface area contributed by atoms with Crippen LogP contribution in [0.25, 0.3) is 10.9 Å². The van der Waals surface area contributed by atoms with Crippen molar-refractivity contribution >= 4 is 22.5 Å². The van der Waals surface area contributed by atoms with Crippen LogP contribution in [0.1, 0.15) is 19.5 Å². The first-order valence-electron chi connectivity index (χ1n) is 5.37. The summed E-state index contributed by atoms with van der Waals surface area (Å²) < 4.78 is 0. The molecule has 0 bridgehead atoms. The Balaban J connectivity index is 2.59. The van der Waals surface area contributed by atoms with E-state index in [1.165, 1.54) is 0 Å². The normalized spacial score (nSPS) is 11.2. The molecule has 0 aliphatic carbocycles. The van der Waals surface area contributed by atoms with Crippen molar-refractivity contribution in [2.75, 3.05) is 0 Å². The van der Waals surface area contributed by atoms with Crippen LogP contribution >= 0.6 is 11.6 Å². The predicted octanol–water partition coefficient (Wildman–Crippen LogP) is 3.38. The van der Waals surface area contributed by atoms with Crippen molar-refractivity contribution < 1.29 is 0 Å². The maximum Gasteiger partial charge on any atom is 0.189 e. The minimum absolute atomic E-state index is 0.0342. The highest BCUT2D eigenvalue weighted by Gasteiger charge is 2.04. The van der Waals surface area contributed by atoms with Crippen molar-refractivity contribution in [3.63, 3.8) is 0 Å². The van der Waals surface area contributed by atoms with Crippen LogP contribution in [-0.4, -0.2) is 4.98 Å². The van der Waals surface area contributed by atoms with Crippen molar-refractivity contribution in [3.8, 4) is 0 Å². The van der Waals surface area contributed by atoms with Gasteiger partial charge in [0.15, 0.2) is 5.43 Å². The highest BCUT2D eigenvalue weighted by Crippen LogP contribution is 2.16. The quantitative estimate of drug-likeness (QED) is 0.851. The molecule has 16 heavy (non-hydrogen) atoms. The number of aromatic amines is 1. The van der Waals surface area contributed by atoms with Gasteiger partial charge in [0.2, 0.25) is 0 Å². The van der Waals surface area contributed by atoms with Gasteiger partial charge >= 0.3 is 0 Å². The molecule has 0 spiro atoms. The fourth-order valence-electron chi connectivity index (χ4n) is 1.82. The zero-order valence-electron chi connectivity index (χ0n) is 9.38. The number of hydrogen-bond donors (Lipinski definition) is 1. The number of H-pyrrole nitrogens is 1. The number of pyridine rings is 1. The summed E-state index contributed by atoms with van der Waals surface area (Å²) in [6.45, 7) is 4.26. The van der Waals surface area contributed by atoms with E-state index in [2.05, 4.69) is 18.8 Å². The molecule has 2 nitrogen and oxygen atoms in total. The molecule has 84 valence electrons. The van der Waals surface area contributed by atoms with Crippen LogP contribution < -0.4 is 5.43 Å². The maximum absolute atomic E-state index is 11.9. The van der Waals surface area contributed by atoms with Crippen molar-refractivity contribution in [2.45, 2.75) is 20.3 Å². The lowest BCUT2D eigenvalue weighted by molar-refractivity contribution is 0.636. The first-order valence-corrected chi connectivity index (χ1v) is 5.75. The largest absolute Gasteiger partial charge is 0.358 e. The minimum Gasteiger partial charge on any atom is -0.358 e. The molecule has 1 aromatic carbocycles. The van der Waals surface area contributed by atoms with Gasteiger partial charge in [0.1, 0.15) is 0 Å². The smallest absolute Gasteiger partial charge is 0.189 e. The van der Waals surface area contributed by atoms with Gasteiger partial charge in [-0.05, 0) is 30.5 Å². The number of rotatable bonds is 2. The second-order valence-corrected chi connectivity index (χ2v) is 4.88. The first kappa shape index (κ1) is 11.2. The van der Waals surface area contributed by atoms with Crippen LogP contribution in [0.4, 0.5) is 0 Å². The van der Waals surface area contributed by atoms with Gasteiger partial charge in [0.25, 0.3) is 0 Å². The second kappa shape index (κ2) is 4.30. The fourth-order valence-corrected chi connectivity index (χ4v) is 2.00. The third-order valence-electron chi connectivity index (χ3n) is 2.48. The molecule has 1 N–H and O–H groups in total. The van der Waals surface area contributed by atoms with Crippen LogP contribution in [0.3, 0.4) is 0 Å². The van der Waals surface area contributed by atoms with Crippen molar-refractivity contribution in [3.05, 3.63) is 45.2 Å². The molecule has 0 aliphatic rings. The topological polar surface area (TPSA) is 32.9 Å². The van der Waals surface area contributed by atoms with Gasteiger partial charge in [-0.15, -0.1) is 0 Å². The van der Waals surface area contributed by atoms with E-state index in [4.69, 9.17) is 11.6 Å². The summed E-state index contributed by atoms with van der Waals surface area (Å²) in [7, 11) is 0. The van der Waals surface area contributed by atoms with E-state index in [0.717, 1.165) is 17.6 Å². The van der Waals surface area contributed by atoms with Crippen molar-refractivity contribution in [2.24, 2.45) is 5.92 Å². The third kappa shape index (κ3) is 2.27. The number of fused-ring (bicyclic) bond motifs is 1. The lowest BCUT2D eigenvalue weighted by Gasteiger charge is -2.06. The summed E-state index contributed by atoms with van der Waals surface area (Å²) in [4.78, 5) is 15.1. The Labute approximate surface area is 99.3 Å².